The number of benzene rings is 2. The number of methoxy groups -OCH3 is 1. The van der Waals surface area contributed by atoms with E-state index in [1.807, 2.05) is 0 Å². The normalized spacial score (nSPS) is 10.2. The van der Waals surface area contributed by atoms with Crippen LogP contribution in [0, 0.1) is 5.82 Å². The topological polar surface area (TPSA) is 64.3 Å². The summed E-state index contributed by atoms with van der Waals surface area (Å²) < 4.78 is 19.2. The van der Waals surface area contributed by atoms with E-state index in [0.717, 1.165) is 0 Å². The molecule has 2 aromatic rings. The highest BCUT2D eigenvalue weighted by molar-refractivity contribution is 9.10. The van der Waals surface area contributed by atoms with Crippen LogP contribution in [0.1, 0.15) is 10.4 Å². The fraction of sp³-hybridized carbons (Fsp3) is 0.0714. The van der Waals surface area contributed by atoms with Crippen LogP contribution in [0.4, 0.5) is 21.5 Å². The molecule has 0 saturated carbocycles. The van der Waals surface area contributed by atoms with Gasteiger partial charge in [-0.05, 0) is 30.3 Å². The number of anilines is 3. The minimum atomic E-state index is -0.546. The maximum absolute atomic E-state index is 13.8. The fourth-order valence-electron chi connectivity index (χ4n) is 1.72. The van der Waals surface area contributed by atoms with Crippen LogP contribution in [-0.4, -0.2) is 13.1 Å². The maximum atomic E-state index is 13.8. The zero-order valence-electron chi connectivity index (χ0n) is 10.6. The van der Waals surface area contributed by atoms with Crippen molar-refractivity contribution in [3.05, 3.63) is 52.3 Å². The Morgan fingerprint density at radius 2 is 2.10 bits per heavy atom. The van der Waals surface area contributed by atoms with Crippen molar-refractivity contribution in [2.75, 3.05) is 18.2 Å². The third kappa shape index (κ3) is 2.91. The van der Waals surface area contributed by atoms with Gasteiger partial charge in [-0.15, -0.1) is 0 Å². The molecule has 2 aromatic carbocycles. The molecular formula is C14H12BrFN2O2. The summed E-state index contributed by atoms with van der Waals surface area (Å²) in [6.45, 7) is 0. The summed E-state index contributed by atoms with van der Waals surface area (Å²) in [5, 5.41) is 2.83. The molecule has 0 spiro atoms. The Labute approximate surface area is 123 Å². The molecule has 0 aliphatic heterocycles. The van der Waals surface area contributed by atoms with Gasteiger partial charge in [0, 0.05) is 4.47 Å². The fourth-order valence-corrected chi connectivity index (χ4v) is 2.08. The van der Waals surface area contributed by atoms with Crippen LogP contribution in [0.15, 0.2) is 40.9 Å². The Morgan fingerprint density at radius 1 is 1.35 bits per heavy atom. The van der Waals surface area contributed by atoms with E-state index in [9.17, 15) is 9.18 Å². The quantitative estimate of drug-likeness (QED) is 0.661. The summed E-state index contributed by atoms with van der Waals surface area (Å²) in [6.07, 6.45) is 0. The van der Waals surface area contributed by atoms with E-state index < -0.39 is 11.8 Å². The van der Waals surface area contributed by atoms with Gasteiger partial charge < -0.3 is 15.8 Å². The van der Waals surface area contributed by atoms with Crippen molar-refractivity contribution in [3.8, 4) is 0 Å². The van der Waals surface area contributed by atoms with Gasteiger partial charge in [-0.3, -0.25) is 0 Å². The molecular weight excluding hydrogens is 327 g/mol. The molecule has 0 radical (unpaired) electrons. The lowest BCUT2D eigenvalue weighted by Gasteiger charge is -2.14. The van der Waals surface area contributed by atoms with Gasteiger partial charge in [0.05, 0.1) is 29.7 Å². The average molecular weight is 339 g/mol. The Balaban J connectivity index is 2.47. The molecule has 20 heavy (non-hydrogen) atoms. The largest absolute Gasteiger partial charge is 0.465 e. The van der Waals surface area contributed by atoms with Crippen molar-refractivity contribution >= 4 is 39.0 Å². The molecule has 3 N–H and O–H groups in total. The highest BCUT2D eigenvalue weighted by Gasteiger charge is 2.15. The average Bonchev–Trinajstić information content (AvgIpc) is 2.44. The predicted octanol–water partition coefficient (Wildman–Crippen LogP) is 3.70. The number of halogens is 2. The summed E-state index contributed by atoms with van der Waals surface area (Å²) in [6, 6.07) is 9.25. The maximum Gasteiger partial charge on any atom is 0.340 e. The van der Waals surface area contributed by atoms with Crippen molar-refractivity contribution in [3.63, 3.8) is 0 Å². The number of ether oxygens (including phenoxy) is 1. The standard InChI is InChI=1S/C14H12BrFN2O2/c1-20-14(19)9-3-2-4-11(17)13(9)18-12-7-8(15)5-6-10(12)16/h2-7,18H,17H2,1H3. The van der Waals surface area contributed by atoms with Gasteiger partial charge in [0.15, 0.2) is 0 Å². The molecule has 0 aromatic heterocycles. The van der Waals surface area contributed by atoms with Gasteiger partial charge in [-0.25, -0.2) is 9.18 Å². The summed E-state index contributed by atoms with van der Waals surface area (Å²) in [7, 11) is 1.27. The van der Waals surface area contributed by atoms with Crippen molar-refractivity contribution in [1.82, 2.24) is 0 Å². The Morgan fingerprint density at radius 3 is 2.80 bits per heavy atom. The van der Waals surface area contributed by atoms with Crippen molar-refractivity contribution in [2.45, 2.75) is 0 Å². The molecule has 0 heterocycles. The smallest absolute Gasteiger partial charge is 0.340 e. The first-order chi connectivity index (χ1) is 9.52. The van der Waals surface area contributed by atoms with Crippen LogP contribution < -0.4 is 11.1 Å². The summed E-state index contributed by atoms with van der Waals surface area (Å²) in [5.41, 5.74) is 6.94. The van der Waals surface area contributed by atoms with Gasteiger partial charge in [-0.2, -0.15) is 0 Å². The third-order valence-electron chi connectivity index (χ3n) is 2.69. The Bertz CT molecular complexity index is 662. The van der Waals surface area contributed by atoms with E-state index in [2.05, 4.69) is 26.0 Å². The predicted molar refractivity (Wildman–Crippen MR) is 79.6 cm³/mol. The first kappa shape index (κ1) is 14.3. The highest BCUT2D eigenvalue weighted by atomic mass is 79.9. The number of hydrogen-bond donors (Lipinski definition) is 2. The summed E-state index contributed by atoms with van der Waals surface area (Å²) >= 11 is 3.26. The van der Waals surface area contributed by atoms with Gasteiger partial charge in [0.1, 0.15) is 5.82 Å². The zero-order chi connectivity index (χ0) is 14.7. The minimum absolute atomic E-state index is 0.211. The molecule has 0 atom stereocenters. The van der Waals surface area contributed by atoms with Crippen molar-refractivity contribution in [1.29, 1.82) is 0 Å². The first-order valence-electron chi connectivity index (χ1n) is 5.72. The lowest BCUT2D eigenvalue weighted by atomic mass is 10.1. The van der Waals surface area contributed by atoms with Gasteiger partial charge >= 0.3 is 5.97 Å². The van der Waals surface area contributed by atoms with Crippen LogP contribution in [0.3, 0.4) is 0 Å². The number of esters is 1. The summed E-state index contributed by atoms with van der Waals surface area (Å²) in [4.78, 5) is 11.7. The highest BCUT2D eigenvalue weighted by Crippen LogP contribution is 2.30. The summed E-state index contributed by atoms with van der Waals surface area (Å²) in [5.74, 6) is -0.998. The second-order valence-corrected chi connectivity index (χ2v) is 4.93. The van der Waals surface area contributed by atoms with E-state index >= 15 is 0 Å². The number of carbonyl (C=O) groups excluding carboxylic acids is 1. The zero-order valence-corrected chi connectivity index (χ0v) is 12.2. The first-order valence-corrected chi connectivity index (χ1v) is 6.51. The molecule has 0 unspecified atom stereocenters. The molecule has 0 aliphatic rings. The lowest BCUT2D eigenvalue weighted by molar-refractivity contribution is 0.0602. The van der Waals surface area contributed by atoms with Crippen LogP contribution in [0.2, 0.25) is 0 Å². The monoisotopic (exact) mass is 338 g/mol. The number of rotatable bonds is 3. The second-order valence-electron chi connectivity index (χ2n) is 4.01. The number of nitrogens with one attached hydrogen (secondary N) is 1. The molecule has 0 fully saturated rings. The second kappa shape index (κ2) is 5.92. The number of para-hydroxylation sites is 1. The molecule has 6 heteroatoms. The van der Waals surface area contributed by atoms with Crippen LogP contribution in [0.5, 0.6) is 0 Å². The van der Waals surface area contributed by atoms with Gasteiger partial charge in [0.2, 0.25) is 0 Å². The van der Waals surface area contributed by atoms with E-state index in [1.165, 1.54) is 13.2 Å². The Kier molecular flexibility index (Phi) is 4.24. The number of hydrogen-bond acceptors (Lipinski definition) is 4. The molecule has 0 bridgehead atoms. The molecule has 0 amide bonds. The minimum Gasteiger partial charge on any atom is -0.465 e. The number of nitrogen functional groups attached to an aromatic ring is 1. The van der Waals surface area contributed by atoms with E-state index in [0.29, 0.717) is 15.8 Å². The lowest BCUT2D eigenvalue weighted by Crippen LogP contribution is -2.08. The molecule has 2 rings (SSSR count). The van der Waals surface area contributed by atoms with Crippen LogP contribution in [-0.2, 0) is 4.74 Å². The number of nitrogens with two attached hydrogens (primary N) is 1. The van der Waals surface area contributed by atoms with Crippen LogP contribution in [0.25, 0.3) is 0 Å². The SMILES string of the molecule is COC(=O)c1cccc(N)c1Nc1cc(Br)ccc1F. The third-order valence-corrected chi connectivity index (χ3v) is 3.18. The van der Waals surface area contributed by atoms with Gasteiger partial charge in [0.25, 0.3) is 0 Å². The molecule has 4 nitrogen and oxygen atoms in total. The van der Waals surface area contributed by atoms with E-state index in [1.54, 1.807) is 30.3 Å². The van der Waals surface area contributed by atoms with E-state index in [-0.39, 0.29) is 11.3 Å². The molecule has 0 aliphatic carbocycles. The van der Waals surface area contributed by atoms with Gasteiger partial charge in [-0.1, -0.05) is 22.0 Å². The van der Waals surface area contributed by atoms with E-state index in [4.69, 9.17) is 5.73 Å². The molecule has 104 valence electrons. The van der Waals surface area contributed by atoms with Crippen LogP contribution >= 0.6 is 15.9 Å². The molecule has 0 saturated heterocycles. The van der Waals surface area contributed by atoms with Crippen molar-refractivity contribution in [2.24, 2.45) is 0 Å². The number of carbonyl (C=O) groups is 1. The van der Waals surface area contributed by atoms with Crippen molar-refractivity contribution < 1.29 is 13.9 Å². The Hall–Kier alpha value is -2.08.